The Labute approximate surface area is 116 Å². The van der Waals surface area contributed by atoms with Crippen LogP contribution in [0.5, 0.6) is 5.75 Å². The molecule has 0 amide bonds. The van der Waals surface area contributed by atoms with Crippen molar-refractivity contribution in [3.05, 3.63) is 28.3 Å². The number of aliphatic carboxylic acids is 1. The van der Waals surface area contributed by atoms with Crippen LogP contribution in [0.3, 0.4) is 0 Å². The summed E-state index contributed by atoms with van der Waals surface area (Å²) in [5, 5.41) is 20.1. The van der Waals surface area contributed by atoms with Gasteiger partial charge in [0.2, 0.25) is 0 Å². The van der Waals surface area contributed by atoms with Gasteiger partial charge in [0.1, 0.15) is 11.8 Å². The van der Waals surface area contributed by atoms with Crippen molar-refractivity contribution in [2.75, 3.05) is 18.6 Å². The van der Waals surface area contributed by atoms with E-state index in [1.54, 1.807) is 27.0 Å². The minimum absolute atomic E-state index is 0.127. The zero-order chi connectivity index (χ0) is 15.3. The van der Waals surface area contributed by atoms with Crippen molar-refractivity contribution in [2.24, 2.45) is 0 Å². The molecule has 1 atom stereocenters. The molecule has 0 saturated heterocycles. The summed E-state index contributed by atoms with van der Waals surface area (Å²) in [5.74, 6) is -0.622. The fourth-order valence-corrected chi connectivity index (χ4v) is 1.92. The first kappa shape index (κ1) is 15.7. The van der Waals surface area contributed by atoms with Gasteiger partial charge >= 0.3 is 5.97 Å². The van der Waals surface area contributed by atoms with E-state index in [0.717, 1.165) is 0 Å². The maximum Gasteiger partial charge on any atom is 0.326 e. The van der Waals surface area contributed by atoms with Gasteiger partial charge < -0.3 is 14.7 Å². The normalized spacial score (nSPS) is 11.8. The predicted octanol–water partition coefficient (Wildman–Crippen LogP) is 2.29. The van der Waals surface area contributed by atoms with Crippen LogP contribution in [0.4, 0.5) is 11.4 Å². The number of carbonyl (C=O) groups is 1. The number of non-ortho nitro benzene ring substituents is 1. The van der Waals surface area contributed by atoms with Crippen LogP contribution in [0, 0.1) is 10.1 Å². The van der Waals surface area contributed by atoms with Crippen LogP contribution in [0.2, 0.25) is 0 Å². The largest absolute Gasteiger partial charge is 0.494 e. The Kier molecular flexibility index (Phi) is 5.31. The minimum atomic E-state index is -0.973. The van der Waals surface area contributed by atoms with Gasteiger partial charge in [-0.3, -0.25) is 10.1 Å². The van der Waals surface area contributed by atoms with Gasteiger partial charge in [-0.25, -0.2) is 4.79 Å². The van der Waals surface area contributed by atoms with Crippen LogP contribution in [0.25, 0.3) is 0 Å². The molecular formula is C13H18N2O5. The first-order valence-electron chi connectivity index (χ1n) is 6.28. The van der Waals surface area contributed by atoms with E-state index in [1.807, 2.05) is 0 Å². The number of benzene rings is 1. The van der Waals surface area contributed by atoms with Gasteiger partial charge in [0.25, 0.3) is 5.69 Å². The lowest BCUT2D eigenvalue weighted by Crippen LogP contribution is -2.37. The molecule has 7 nitrogen and oxygen atoms in total. The highest BCUT2D eigenvalue weighted by atomic mass is 16.6. The molecule has 0 heterocycles. The van der Waals surface area contributed by atoms with Crippen LogP contribution in [0.1, 0.15) is 20.3 Å². The molecule has 0 bridgehead atoms. The molecule has 0 fully saturated rings. The quantitative estimate of drug-likeness (QED) is 0.609. The molecule has 1 N–H and O–H groups in total. The summed E-state index contributed by atoms with van der Waals surface area (Å²) in [6.07, 6.45) is 0.387. The molecule has 0 aromatic heterocycles. The molecule has 0 saturated carbocycles. The number of nitro groups is 1. The average molecular weight is 282 g/mol. The van der Waals surface area contributed by atoms with Crippen molar-refractivity contribution in [1.82, 2.24) is 0 Å². The number of anilines is 1. The zero-order valence-corrected chi connectivity index (χ0v) is 11.7. The summed E-state index contributed by atoms with van der Waals surface area (Å²) >= 11 is 0. The molecule has 0 aliphatic rings. The van der Waals surface area contributed by atoms with E-state index in [-0.39, 0.29) is 5.69 Å². The summed E-state index contributed by atoms with van der Waals surface area (Å²) in [4.78, 5) is 23.1. The van der Waals surface area contributed by atoms with E-state index < -0.39 is 16.9 Å². The second-order valence-corrected chi connectivity index (χ2v) is 4.25. The topological polar surface area (TPSA) is 92.9 Å². The van der Waals surface area contributed by atoms with E-state index in [0.29, 0.717) is 24.5 Å². The third-order valence-corrected chi connectivity index (χ3v) is 2.94. The SMILES string of the molecule is CCOc1cc(N(C)C(CC)C(=O)O)cc([N+](=O)[O-])c1. The summed E-state index contributed by atoms with van der Waals surface area (Å²) in [6, 6.07) is 3.52. The Morgan fingerprint density at radius 3 is 2.55 bits per heavy atom. The van der Waals surface area contributed by atoms with E-state index in [1.165, 1.54) is 17.0 Å². The van der Waals surface area contributed by atoms with Gasteiger partial charge in [-0.2, -0.15) is 0 Å². The minimum Gasteiger partial charge on any atom is -0.494 e. The molecule has 1 rings (SSSR count). The van der Waals surface area contributed by atoms with Gasteiger partial charge in [0, 0.05) is 24.9 Å². The summed E-state index contributed by atoms with van der Waals surface area (Å²) in [5.41, 5.74) is 0.315. The van der Waals surface area contributed by atoms with Crippen molar-refractivity contribution >= 4 is 17.3 Å². The van der Waals surface area contributed by atoms with Gasteiger partial charge in [-0.15, -0.1) is 0 Å². The Morgan fingerprint density at radius 1 is 1.45 bits per heavy atom. The molecule has 1 unspecified atom stereocenters. The third kappa shape index (κ3) is 3.59. The lowest BCUT2D eigenvalue weighted by atomic mass is 10.1. The summed E-state index contributed by atoms with van der Waals surface area (Å²) < 4.78 is 5.28. The van der Waals surface area contributed by atoms with Gasteiger partial charge in [-0.1, -0.05) is 6.92 Å². The van der Waals surface area contributed by atoms with Crippen molar-refractivity contribution in [3.63, 3.8) is 0 Å². The molecule has 0 aliphatic heterocycles. The highest BCUT2D eigenvalue weighted by Gasteiger charge is 2.23. The standard InChI is InChI=1S/C13H18N2O5/c1-4-12(13(16)17)14(3)9-6-10(15(18)19)8-11(7-9)20-5-2/h6-8,12H,4-5H2,1-3H3,(H,16,17). The van der Waals surface area contributed by atoms with Crippen LogP contribution in [-0.4, -0.2) is 35.7 Å². The number of hydrogen-bond acceptors (Lipinski definition) is 5. The molecular weight excluding hydrogens is 264 g/mol. The van der Waals surface area contributed by atoms with E-state index in [2.05, 4.69) is 0 Å². The molecule has 7 heteroatoms. The fourth-order valence-electron chi connectivity index (χ4n) is 1.92. The van der Waals surface area contributed by atoms with Crippen LogP contribution in [-0.2, 0) is 4.79 Å². The average Bonchev–Trinajstić information content (AvgIpc) is 2.38. The lowest BCUT2D eigenvalue weighted by molar-refractivity contribution is -0.384. The van der Waals surface area contributed by atoms with Crippen molar-refractivity contribution < 1.29 is 19.6 Å². The highest BCUT2D eigenvalue weighted by molar-refractivity contribution is 5.78. The van der Waals surface area contributed by atoms with E-state index in [9.17, 15) is 14.9 Å². The second-order valence-electron chi connectivity index (χ2n) is 4.25. The number of carboxylic acids is 1. The maximum atomic E-state index is 11.2. The van der Waals surface area contributed by atoms with E-state index in [4.69, 9.17) is 9.84 Å². The Balaban J connectivity index is 3.21. The van der Waals surface area contributed by atoms with Gasteiger partial charge in [0.05, 0.1) is 17.6 Å². The number of likely N-dealkylation sites (N-methyl/N-ethyl adjacent to an activating group) is 1. The first-order valence-corrected chi connectivity index (χ1v) is 6.28. The number of nitro benzene ring substituents is 1. The Morgan fingerprint density at radius 2 is 2.10 bits per heavy atom. The molecule has 1 aromatic rings. The van der Waals surface area contributed by atoms with E-state index >= 15 is 0 Å². The molecule has 110 valence electrons. The number of nitrogens with zero attached hydrogens (tertiary/aromatic N) is 2. The molecule has 0 radical (unpaired) electrons. The van der Waals surface area contributed by atoms with Crippen LogP contribution < -0.4 is 9.64 Å². The maximum absolute atomic E-state index is 11.2. The molecule has 0 aliphatic carbocycles. The number of ether oxygens (including phenoxy) is 1. The van der Waals surface area contributed by atoms with Crippen molar-refractivity contribution in [1.29, 1.82) is 0 Å². The number of carboxylic acid groups (broad SMARTS) is 1. The highest BCUT2D eigenvalue weighted by Crippen LogP contribution is 2.29. The van der Waals surface area contributed by atoms with Crippen molar-refractivity contribution in [2.45, 2.75) is 26.3 Å². The molecule has 0 spiro atoms. The molecule has 20 heavy (non-hydrogen) atoms. The zero-order valence-electron chi connectivity index (χ0n) is 11.7. The molecule has 1 aromatic carbocycles. The van der Waals surface area contributed by atoms with Crippen LogP contribution in [0.15, 0.2) is 18.2 Å². The summed E-state index contributed by atoms with van der Waals surface area (Å²) in [6.45, 7) is 3.89. The first-order chi connectivity index (χ1) is 9.40. The van der Waals surface area contributed by atoms with Gasteiger partial charge in [-0.05, 0) is 13.3 Å². The fraction of sp³-hybridized carbons (Fsp3) is 0.462. The van der Waals surface area contributed by atoms with Gasteiger partial charge in [0.15, 0.2) is 0 Å². The van der Waals surface area contributed by atoms with Crippen LogP contribution >= 0.6 is 0 Å². The van der Waals surface area contributed by atoms with Crippen molar-refractivity contribution in [3.8, 4) is 5.75 Å². The second kappa shape index (κ2) is 6.74. The predicted molar refractivity (Wildman–Crippen MR) is 74.4 cm³/mol. The monoisotopic (exact) mass is 282 g/mol. The lowest BCUT2D eigenvalue weighted by Gasteiger charge is -2.26. The third-order valence-electron chi connectivity index (χ3n) is 2.94. The summed E-state index contributed by atoms with van der Waals surface area (Å²) in [7, 11) is 1.59. The number of hydrogen-bond donors (Lipinski definition) is 1. The smallest absolute Gasteiger partial charge is 0.326 e. The Bertz CT molecular complexity index is 504. The number of rotatable bonds is 7. The Hall–Kier alpha value is -2.31.